The monoisotopic (exact) mass is 1090 g/mol. The number of thiophene rings is 1. The summed E-state index contributed by atoms with van der Waals surface area (Å²) in [6.45, 7) is 19.0. The highest BCUT2D eigenvalue weighted by Gasteiger charge is 2.34. The molecule has 3 aliphatic heterocycles. The van der Waals surface area contributed by atoms with E-state index < -0.39 is 29.4 Å². The fourth-order valence-electron chi connectivity index (χ4n) is 9.75. The Morgan fingerprint density at radius 3 is 2.29 bits per heavy atom. The third kappa shape index (κ3) is 13.1. The molecule has 0 radical (unpaired) electrons. The SMILES string of the molecule is Cc1c(Cl)c2c(Cl)c(C)c1-c1c(-c3ccc(F)cc3)sc3ncnc(c13)O[C@@H](C(=O)OC(C)(C)C)Cc1cc(ccc1OCc1ccnc(C3=CC[C@H](CC(=O)OC(C)(C)C)CC3)n1)OC[C@@H](CN1CCN(C)CC1)O2. The zero-order valence-corrected chi connectivity index (χ0v) is 46.9. The van der Waals surface area contributed by atoms with Crippen molar-refractivity contribution in [2.75, 3.05) is 46.4 Å². The average molecular weight is 1100 g/mol. The van der Waals surface area contributed by atoms with E-state index >= 15 is 0 Å². The molecule has 10 rings (SSSR count). The van der Waals surface area contributed by atoms with Gasteiger partial charge in [0.1, 0.15) is 59.0 Å². The summed E-state index contributed by atoms with van der Waals surface area (Å²) in [6.07, 6.45) is 6.00. The van der Waals surface area contributed by atoms with Crippen molar-refractivity contribution in [1.82, 2.24) is 29.7 Å². The van der Waals surface area contributed by atoms with E-state index in [1.165, 1.54) is 29.8 Å². The molecule has 3 aromatic carbocycles. The lowest BCUT2D eigenvalue weighted by molar-refractivity contribution is -0.163. The number of carbonyl (C=O) groups is 2. The lowest BCUT2D eigenvalue weighted by Crippen LogP contribution is -2.49. The smallest absolute Gasteiger partial charge is 0.348 e. The van der Waals surface area contributed by atoms with Crippen LogP contribution in [0, 0.1) is 25.6 Å². The molecule has 1 saturated heterocycles. The summed E-state index contributed by atoms with van der Waals surface area (Å²) in [5, 5.41) is 1.13. The predicted octanol–water partition coefficient (Wildman–Crippen LogP) is 12.1. The molecule has 18 heteroatoms. The number of halogens is 3. The maximum Gasteiger partial charge on any atom is 0.348 e. The Labute approximate surface area is 457 Å². The molecule has 0 spiro atoms. The number of piperazine rings is 1. The second kappa shape index (κ2) is 23.0. The zero-order chi connectivity index (χ0) is 54.1. The summed E-state index contributed by atoms with van der Waals surface area (Å²) in [4.78, 5) is 52.1. The van der Waals surface area contributed by atoms with Gasteiger partial charge in [-0.25, -0.2) is 29.1 Å². The molecule has 4 aliphatic rings. The minimum Gasteiger partial charge on any atom is -0.490 e. The Morgan fingerprint density at radius 1 is 0.882 bits per heavy atom. The fourth-order valence-corrected chi connectivity index (χ4v) is 11.4. The molecule has 3 aromatic heterocycles. The molecule has 0 saturated carbocycles. The van der Waals surface area contributed by atoms with Crippen molar-refractivity contribution in [2.24, 2.45) is 5.92 Å². The lowest BCUT2D eigenvalue weighted by atomic mass is 9.87. The third-order valence-electron chi connectivity index (χ3n) is 13.5. The summed E-state index contributed by atoms with van der Waals surface area (Å²) in [7, 11) is 2.11. The van der Waals surface area contributed by atoms with E-state index in [1.54, 1.807) is 39.1 Å². The van der Waals surface area contributed by atoms with E-state index in [0.717, 1.165) is 55.9 Å². The number of allylic oxidation sites excluding steroid dienone is 2. The van der Waals surface area contributed by atoms with Gasteiger partial charge < -0.3 is 33.3 Å². The molecule has 6 aromatic rings. The number of carbonyl (C=O) groups excluding carboxylic acids is 2. The van der Waals surface area contributed by atoms with Crippen molar-refractivity contribution >= 4 is 62.3 Å². The van der Waals surface area contributed by atoms with Crippen LogP contribution in [0.3, 0.4) is 0 Å². The summed E-state index contributed by atoms with van der Waals surface area (Å²) in [5.41, 5.74) is 4.22. The average Bonchev–Trinajstić information content (AvgIpc) is 3.88. The molecular weight excluding hydrogens is 1030 g/mol. The highest BCUT2D eigenvalue weighted by atomic mass is 35.5. The Balaban J connectivity index is 1.12. The van der Waals surface area contributed by atoms with Gasteiger partial charge >= 0.3 is 11.9 Å². The number of esters is 2. The molecule has 76 heavy (non-hydrogen) atoms. The van der Waals surface area contributed by atoms with E-state index in [1.807, 2.05) is 58.9 Å². The van der Waals surface area contributed by atoms with Gasteiger partial charge in [0.05, 0.1) is 21.1 Å². The zero-order valence-electron chi connectivity index (χ0n) is 44.6. The predicted molar refractivity (Wildman–Crippen MR) is 294 cm³/mol. The van der Waals surface area contributed by atoms with E-state index in [4.69, 9.17) is 66.6 Å². The topological polar surface area (TPSA) is 148 Å². The first-order chi connectivity index (χ1) is 36.2. The number of hydrogen-bond donors (Lipinski definition) is 0. The van der Waals surface area contributed by atoms with Crippen LogP contribution in [-0.4, -0.2) is 111 Å². The van der Waals surface area contributed by atoms with Gasteiger partial charge in [-0.05, 0) is 152 Å². The molecule has 0 N–H and O–H groups in total. The molecule has 3 atom stereocenters. The first-order valence-electron chi connectivity index (χ1n) is 25.8. The van der Waals surface area contributed by atoms with E-state index in [-0.39, 0.29) is 43.2 Å². The maximum atomic E-state index is 14.6. The number of rotatable bonds is 10. The largest absolute Gasteiger partial charge is 0.490 e. The van der Waals surface area contributed by atoms with Crippen LogP contribution < -0.4 is 18.9 Å². The Kier molecular flexibility index (Phi) is 16.6. The highest BCUT2D eigenvalue weighted by molar-refractivity contribution is 7.22. The quantitative estimate of drug-likeness (QED) is 0.120. The molecule has 6 heterocycles. The maximum absolute atomic E-state index is 14.6. The number of likely N-dealkylation sites (N-methyl/N-ethyl adjacent to an activating group) is 1. The van der Waals surface area contributed by atoms with Crippen LogP contribution in [0.2, 0.25) is 10.0 Å². The Morgan fingerprint density at radius 2 is 1.61 bits per heavy atom. The van der Waals surface area contributed by atoms with Gasteiger partial charge in [0.2, 0.25) is 12.0 Å². The van der Waals surface area contributed by atoms with E-state index in [9.17, 15) is 14.0 Å². The van der Waals surface area contributed by atoms with Gasteiger partial charge in [-0.15, -0.1) is 11.3 Å². The Bertz CT molecular complexity index is 3120. The van der Waals surface area contributed by atoms with Crippen molar-refractivity contribution < 1.29 is 42.4 Å². The molecule has 1 aliphatic carbocycles. The number of ether oxygens (including phenoxy) is 6. The molecule has 0 unspecified atom stereocenters. The summed E-state index contributed by atoms with van der Waals surface area (Å²) in [6, 6.07) is 13.5. The highest BCUT2D eigenvalue weighted by Crippen LogP contribution is 2.53. The third-order valence-corrected chi connectivity index (χ3v) is 15.6. The molecule has 1 fully saturated rings. The van der Waals surface area contributed by atoms with Crippen molar-refractivity contribution in [3.05, 3.63) is 111 Å². The second-order valence-corrected chi connectivity index (χ2v) is 23.6. The minimum absolute atomic E-state index is 0.0329. The summed E-state index contributed by atoms with van der Waals surface area (Å²) < 4.78 is 53.3. The van der Waals surface area contributed by atoms with Gasteiger partial charge in [-0.3, -0.25) is 9.69 Å². The molecule has 4 bridgehead atoms. The van der Waals surface area contributed by atoms with Crippen molar-refractivity contribution in [2.45, 2.75) is 118 Å². The molecule has 402 valence electrons. The molecule has 0 amide bonds. The van der Waals surface area contributed by atoms with E-state index in [0.29, 0.717) is 95.4 Å². The standard InChI is InChI=1S/C58H65Cl2FN6O8S/c1-33-46-34(2)50(60)51(49(33)59)72-42(29-67-24-22-66(9)23-25-67)31-70-41-18-19-43(71-30-40-20-21-62-53(65-40)37-12-10-35(11-13-37)26-45(68)74-57(3,4)5)38(27-41)28-44(56(69)75-58(6,7)8)73-54-48-47(46)52(76-55(48)64-32-63-54)36-14-16-39(61)17-15-36/h12,14-21,27,32,35,42,44H,10-11,13,22-26,28-31H2,1-9H3/t35-,42+,44+/m0/s1. The number of benzene rings is 3. The molecular formula is C58H65Cl2FN6O8S. The van der Waals surface area contributed by atoms with E-state index in [2.05, 4.69) is 27.9 Å². The van der Waals surface area contributed by atoms with Crippen LogP contribution in [-0.2, 0) is 32.1 Å². The number of aromatic nitrogens is 4. The van der Waals surface area contributed by atoms with Gasteiger partial charge in [-0.2, -0.15) is 0 Å². The van der Waals surface area contributed by atoms with Crippen LogP contribution >= 0.6 is 34.5 Å². The Hall–Kier alpha value is -5.91. The van der Waals surface area contributed by atoms with Crippen molar-refractivity contribution in [3.8, 4) is 44.7 Å². The number of nitrogens with zero attached hydrogens (tertiary/aromatic N) is 6. The van der Waals surface area contributed by atoms with Gasteiger partial charge in [-0.1, -0.05) is 41.4 Å². The number of fused-ring (bicyclic) bond motifs is 7. The van der Waals surface area contributed by atoms with Crippen LogP contribution in [0.1, 0.15) is 95.4 Å². The molecule has 14 nitrogen and oxygen atoms in total. The van der Waals surface area contributed by atoms with Crippen molar-refractivity contribution in [3.63, 3.8) is 0 Å². The first kappa shape index (κ1) is 54.9. The van der Waals surface area contributed by atoms with Crippen LogP contribution in [0.4, 0.5) is 4.39 Å². The summed E-state index contributed by atoms with van der Waals surface area (Å²) in [5.74, 6) is 0.959. The fraction of sp³-hybridized carbons (Fsp3) is 0.448. The lowest BCUT2D eigenvalue weighted by Gasteiger charge is -2.35. The van der Waals surface area contributed by atoms with Gasteiger partial charge in [0, 0.05) is 67.8 Å². The van der Waals surface area contributed by atoms with Crippen LogP contribution in [0.25, 0.3) is 37.4 Å². The number of hydrogen-bond acceptors (Lipinski definition) is 15. The second-order valence-electron chi connectivity index (χ2n) is 21.8. The van der Waals surface area contributed by atoms with Gasteiger partial charge in [0.15, 0.2) is 11.6 Å². The first-order valence-corrected chi connectivity index (χ1v) is 27.3. The normalized spacial score (nSPS) is 18.7. The van der Waals surface area contributed by atoms with Crippen LogP contribution in [0.5, 0.6) is 23.1 Å². The van der Waals surface area contributed by atoms with Gasteiger partial charge in [0.25, 0.3) is 0 Å². The van der Waals surface area contributed by atoms with Crippen molar-refractivity contribution in [1.29, 1.82) is 0 Å². The minimum atomic E-state index is -1.28. The summed E-state index contributed by atoms with van der Waals surface area (Å²) >= 11 is 16.2. The van der Waals surface area contributed by atoms with Crippen LogP contribution in [0.15, 0.2) is 67.1 Å².